The van der Waals surface area contributed by atoms with Crippen molar-refractivity contribution < 1.29 is 45.0 Å². The van der Waals surface area contributed by atoms with Crippen LogP contribution in [0.5, 0.6) is 0 Å². The van der Waals surface area contributed by atoms with Crippen LogP contribution in [0, 0.1) is 5.92 Å². The molecular formula is C18H34N4O9. The minimum atomic E-state index is -1.30. The second-order valence-electron chi connectivity index (χ2n) is 7.57. The first-order valence-electron chi connectivity index (χ1n) is 10.1. The third-order valence-electron chi connectivity index (χ3n) is 5.27. The van der Waals surface area contributed by atoms with Crippen molar-refractivity contribution in [3.05, 3.63) is 0 Å². The monoisotopic (exact) mass is 450 g/mol. The van der Waals surface area contributed by atoms with E-state index in [1.165, 1.54) is 0 Å². The summed E-state index contributed by atoms with van der Waals surface area (Å²) in [6, 6.07) is -1.49. The molecule has 0 bridgehead atoms. The van der Waals surface area contributed by atoms with Crippen molar-refractivity contribution in [2.24, 2.45) is 5.92 Å². The van der Waals surface area contributed by atoms with E-state index >= 15 is 0 Å². The molecule has 0 aromatic carbocycles. The number of nitrogens with zero attached hydrogens (tertiary/aromatic N) is 2. The van der Waals surface area contributed by atoms with Gasteiger partial charge in [-0.2, -0.15) is 0 Å². The highest BCUT2D eigenvalue weighted by molar-refractivity contribution is 5.69. The zero-order chi connectivity index (χ0) is 23.4. The van der Waals surface area contributed by atoms with Gasteiger partial charge >= 0.3 is 17.9 Å². The van der Waals surface area contributed by atoms with Gasteiger partial charge < -0.3 is 41.3 Å². The Hall–Kier alpha value is -1.87. The third-order valence-corrected chi connectivity index (χ3v) is 5.27. The molecule has 8 N–H and O–H groups in total. The van der Waals surface area contributed by atoms with Gasteiger partial charge in [0.15, 0.2) is 0 Å². The first-order valence-corrected chi connectivity index (χ1v) is 10.1. The number of rotatable bonds is 10. The normalized spacial score (nSPS) is 24.5. The zero-order valence-electron chi connectivity index (χ0n) is 17.4. The molecule has 0 saturated carbocycles. The van der Waals surface area contributed by atoms with Gasteiger partial charge in [0.2, 0.25) is 0 Å². The summed E-state index contributed by atoms with van der Waals surface area (Å²) < 4.78 is 0. The Kier molecular flexibility index (Phi) is 12.5. The van der Waals surface area contributed by atoms with E-state index in [0.717, 1.165) is 0 Å². The highest BCUT2D eigenvalue weighted by atomic mass is 16.4. The van der Waals surface area contributed by atoms with Gasteiger partial charge in [0, 0.05) is 63.9 Å². The van der Waals surface area contributed by atoms with Crippen LogP contribution < -0.4 is 10.6 Å². The molecule has 1 saturated heterocycles. The number of nitrogens with one attached hydrogen (secondary N) is 2. The SMILES string of the molecule is O=C(O)CC1NCCN(CC(=O)O)CCN(CC(=O)O)CCNC1[C@H](CO)[C@H](O)CO. The van der Waals surface area contributed by atoms with Gasteiger partial charge in [0.1, 0.15) is 0 Å². The maximum atomic E-state index is 11.4. The predicted molar refractivity (Wildman–Crippen MR) is 108 cm³/mol. The summed E-state index contributed by atoms with van der Waals surface area (Å²) in [7, 11) is 0. The van der Waals surface area contributed by atoms with Gasteiger partial charge in [-0.15, -0.1) is 0 Å². The van der Waals surface area contributed by atoms with Gasteiger partial charge in [-0.25, -0.2) is 0 Å². The summed E-state index contributed by atoms with van der Waals surface area (Å²) in [5, 5.41) is 63.1. The maximum Gasteiger partial charge on any atom is 0.317 e. The summed E-state index contributed by atoms with van der Waals surface area (Å²) in [5.41, 5.74) is 0. The fourth-order valence-corrected chi connectivity index (χ4v) is 3.72. The molecule has 0 amide bonds. The molecule has 2 unspecified atom stereocenters. The Balaban J connectivity index is 3.12. The minimum absolute atomic E-state index is 0.226. The van der Waals surface area contributed by atoms with E-state index in [4.69, 9.17) is 10.2 Å². The average Bonchev–Trinajstić information content (AvgIpc) is 2.67. The molecular weight excluding hydrogens is 416 g/mol. The van der Waals surface area contributed by atoms with Crippen LogP contribution >= 0.6 is 0 Å². The van der Waals surface area contributed by atoms with Gasteiger partial charge in [0.05, 0.1) is 32.2 Å². The van der Waals surface area contributed by atoms with Crippen LogP contribution in [0.15, 0.2) is 0 Å². The lowest BCUT2D eigenvalue weighted by Crippen LogP contribution is -2.59. The molecule has 13 nitrogen and oxygen atoms in total. The van der Waals surface area contributed by atoms with Gasteiger partial charge in [-0.1, -0.05) is 0 Å². The van der Waals surface area contributed by atoms with Gasteiger partial charge in [0.25, 0.3) is 0 Å². The Morgan fingerprint density at radius 3 is 1.74 bits per heavy atom. The van der Waals surface area contributed by atoms with E-state index in [9.17, 15) is 34.8 Å². The standard InChI is InChI=1S/C18H34N4O9/c23-10-12(14(25)11-24)18-13(7-15(26)27)19-1-3-21(8-16(28)29)5-6-22(4-2-20-18)9-17(30)31/h12-14,18-20,23-25H,1-11H2,(H,26,27)(H,28,29)(H,30,31)/t12-,13?,14-,18?/m1/s1. The predicted octanol–water partition coefficient (Wildman–Crippen LogP) is -3.87. The number of aliphatic hydroxyl groups is 3. The number of carboxylic acid groups (broad SMARTS) is 3. The molecule has 13 heteroatoms. The topological polar surface area (TPSA) is 203 Å². The fourth-order valence-electron chi connectivity index (χ4n) is 3.72. The van der Waals surface area contributed by atoms with Crippen LogP contribution in [0.3, 0.4) is 0 Å². The van der Waals surface area contributed by atoms with E-state index in [0.29, 0.717) is 13.1 Å². The van der Waals surface area contributed by atoms with Crippen LogP contribution in [0.2, 0.25) is 0 Å². The van der Waals surface area contributed by atoms with E-state index in [-0.39, 0.29) is 45.7 Å². The summed E-state index contributed by atoms with van der Waals surface area (Å²) in [4.78, 5) is 37.0. The molecule has 1 heterocycles. The first-order chi connectivity index (χ1) is 14.7. The Morgan fingerprint density at radius 2 is 1.32 bits per heavy atom. The highest BCUT2D eigenvalue weighted by Gasteiger charge is 2.34. The molecule has 0 radical (unpaired) electrons. The molecule has 1 aliphatic rings. The average molecular weight is 450 g/mol. The van der Waals surface area contributed by atoms with E-state index in [1.807, 2.05) is 0 Å². The molecule has 4 atom stereocenters. The summed E-state index contributed by atoms with van der Waals surface area (Å²) in [5.74, 6) is -4.07. The Bertz CT molecular complexity index is 580. The lowest BCUT2D eigenvalue weighted by atomic mass is 9.87. The smallest absolute Gasteiger partial charge is 0.317 e. The third kappa shape index (κ3) is 10.3. The van der Waals surface area contributed by atoms with Crippen molar-refractivity contribution in [2.45, 2.75) is 24.6 Å². The summed E-state index contributed by atoms with van der Waals surface area (Å²) >= 11 is 0. The van der Waals surface area contributed by atoms with Gasteiger partial charge in [-0.3, -0.25) is 24.2 Å². The van der Waals surface area contributed by atoms with Crippen molar-refractivity contribution in [1.82, 2.24) is 20.4 Å². The Morgan fingerprint density at radius 1 is 0.806 bits per heavy atom. The molecule has 0 aromatic rings. The highest BCUT2D eigenvalue weighted by Crippen LogP contribution is 2.16. The number of hydrogen-bond donors (Lipinski definition) is 8. The van der Waals surface area contributed by atoms with Crippen molar-refractivity contribution in [2.75, 3.05) is 65.6 Å². The Labute approximate surface area is 180 Å². The number of aliphatic hydroxyl groups excluding tert-OH is 3. The number of carbonyl (C=O) groups is 3. The quantitative estimate of drug-likeness (QED) is 0.161. The largest absolute Gasteiger partial charge is 0.481 e. The minimum Gasteiger partial charge on any atom is -0.481 e. The lowest BCUT2D eigenvalue weighted by molar-refractivity contribution is -0.140. The fraction of sp³-hybridized carbons (Fsp3) is 0.833. The molecule has 1 rings (SSSR count). The molecule has 1 fully saturated rings. The van der Waals surface area contributed by atoms with E-state index in [2.05, 4.69) is 10.6 Å². The second-order valence-corrected chi connectivity index (χ2v) is 7.57. The van der Waals surface area contributed by atoms with Crippen LogP contribution in [-0.4, -0.2) is 142 Å². The molecule has 0 aromatic heterocycles. The van der Waals surface area contributed by atoms with Crippen LogP contribution in [0.4, 0.5) is 0 Å². The molecule has 1 aliphatic heterocycles. The van der Waals surface area contributed by atoms with Crippen molar-refractivity contribution in [3.63, 3.8) is 0 Å². The number of hydrogen-bond acceptors (Lipinski definition) is 10. The first kappa shape index (κ1) is 27.2. The van der Waals surface area contributed by atoms with Crippen molar-refractivity contribution in [1.29, 1.82) is 0 Å². The van der Waals surface area contributed by atoms with Gasteiger partial charge in [-0.05, 0) is 0 Å². The summed E-state index contributed by atoms with van der Waals surface area (Å²) in [6.07, 6.45) is -1.64. The molecule has 31 heavy (non-hydrogen) atoms. The number of carboxylic acids is 3. The maximum absolute atomic E-state index is 11.4. The molecule has 180 valence electrons. The van der Waals surface area contributed by atoms with Crippen molar-refractivity contribution in [3.8, 4) is 0 Å². The zero-order valence-corrected chi connectivity index (χ0v) is 17.4. The second kappa shape index (κ2) is 14.2. The molecule has 0 spiro atoms. The van der Waals surface area contributed by atoms with Crippen molar-refractivity contribution >= 4 is 17.9 Å². The van der Waals surface area contributed by atoms with E-state index < -0.39 is 55.2 Å². The molecule has 0 aliphatic carbocycles. The number of aliphatic carboxylic acids is 3. The van der Waals surface area contributed by atoms with E-state index in [1.54, 1.807) is 9.80 Å². The summed E-state index contributed by atoms with van der Waals surface area (Å²) in [6.45, 7) is -0.0345. The van der Waals surface area contributed by atoms with Crippen LogP contribution in [0.25, 0.3) is 0 Å². The van der Waals surface area contributed by atoms with Crippen LogP contribution in [0.1, 0.15) is 6.42 Å². The lowest BCUT2D eigenvalue weighted by Gasteiger charge is -2.37. The van der Waals surface area contributed by atoms with Crippen LogP contribution in [-0.2, 0) is 14.4 Å².